The van der Waals surface area contributed by atoms with Gasteiger partial charge in [0.15, 0.2) is 9.84 Å². The van der Waals surface area contributed by atoms with Gasteiger partial charge in [0.25, 0.3) is 0 Å². The molecule has 1 amide bonds. The lowest BCUT2D eigenvalue weighted by atomic mass is 10.0. The van der Waals surface area contributed by atoms with Crippen molar-refractivity contribution in [2.45, 2.75) is 38.3 Å². The number of nitrogens with one attached hydrogen (secondary N) is 1. The van der Waals surface area contributed by atoms with Gasteiger partial charge >= 0.3 is 6.09 Å². The van der Waals surface area contributed by atoms with E-state index in [1.807, 2.05) is 0 Å². The van der Waals surface area contributed by atoms with Crippen LogP contribution in [-0.2, 0) is 14.6 Å². The molecule has 1 aliphatic rings. The lowest BCUT2D eigenvalue weighted by Crippen LogP contribution is -2.53. The fourth-order valence-electron chi connectivity index (χ4n) is 1.70. The molecule has 0 spiro atoms. The molecule has 17 heavy (non-hydrogen) atoms. The summed E-state index contributed by atoms with van der Waals surface area (Å²) in [6.45, 7) is 4.72. The second-order valence-corrected chi connectivity index (χ2v) is 7.59. The van der Waals surface area contributed by atoms with Gasteiger partial charge in [-0.25, -0.2) is 13.2 Å². The van der Waals surface area contributed by atoms with Crippen molar-refractivity contribution in [1.82, 2.24) is 5.32 Å². The summed E-state index contributed by atoms with van der Waals surface area (Å²) in [4.78, 5) is 11.6. The van der Waals surface area contributed by atoms with Crippen molar-refractivity contribution in [3.05, 3.63) is 0 Å². The first-order valence-corrected chi connectivity index (χ1v) is 7.22. The molecule has 0 bridgehead atoms. The van der Waals surface area contributed by atoms with Crippen LogP contribution in [0.3, 0.4) is 0 Å². The molecule has 0 radical (unpaired) electrons. The molecule has 0 aliphatic carbocycles. The number of amides is 1. The van der Waals surface area contributed by atoms with Gasteiger partial charge in [-0.3, -0.25) is 0 Å². The molecule has 6 nitrogen and oxygen atoms in total. The Kier molecular flexibility index (Phi) is 3.73. The van der Waals surface area contributed by atoms with Gasteiger partial charge in [-0.05, 0) is 27.2 Å². The summed E-state index contributed by atoms with van der Waals surface area (Å²) in [7, 11) is -3.19. The van der Waals surface area contributed by atoms with E-state index in [4.69, 9.17) is 4.74 Å². The highest BCUT2D eigenvalue weighted by molar-refractivity contribution is 7.91. The van der Waals surface area contributed by atoms with E-state index in [-0.39, 0.29) is 17.9 Å². The van der Waals surface area contributed by atoms with Crippen LogP contribution in [0.5, 0.6) is 0 Å². The molecule has 1 saturated heterocycles. The Morgan fingerprint density at radius 1 is 1.47 bits per heavy atom. The molecule has 1 aliphatic heterocycles. The quantitative estimate of drug-likeness (QED) is 0.736. The Hall–Kier alpha value is -0.820. The first kappa shape index (κ1) is 14.2. The number of ether oxygens (including phenoxy) is 1. The van der Waals surface area contributed by atoms with Crippen LogP contribution in [0, 0.1) is 0 Å². The second-order valence-electron chi connectivity index (χ2n) is 5.41. The first-order chi connectivity index (χ1) is 7.58. The van der Waals surface area contributed by atoms with Gasteiger partial charge in [0.2, 0.25) is 0 Å². The molecule has 1 rings (SSSR count). The molecule has 7 heteroatoms. The molecular formula is C10H19NO5S. The van der Waals surface area contributed by atoms with E-state index in [0.29, 0.717) is 0 Å². The Morgan fingerprint density at radius 3 is 2.41 bits per heavy atom. The van der Waals surface area contributed by atoms with Crippen molar-refractivity contribution in [3.8, 4) is 0 Å². The van der Waals surface area contributed by atoms with E-state index < -0.39 is 33.7 Å². The van der Waals surface area contributed by atoms with Gasteiger partial charge in [0, 0.05) is 0 Å². The topological polar surface area (TPSA) is 92.7 Å². The number of aliphatic hydroxyl groups is 1. The van der Waals surface area contributed by atoms with Crippen LogP contribution in [-0.4, -0.2) is 48.9 Å². The molecule has 2 N–H and O–H groups in total. The van der Waals surface area contributed by atoms with Crippen LogP contribution in [0.4, 0.5) is 4.79 Å². The van der Waals surface area contributed by atoms with Crippen LogP contribution in [0.15, 0.2) is 0 Å². The number of rotatable bonds is 2. The number of sulfone groups is 1. The van der Waals surface area contributed by atoms with Gasteiger partial charge < -0.3 is 15.2 Å². The number of carbonyl (C=O) groups excluding carboxylic acids is 1. The molecular weight excluding hydrogens is 246 g/mol. The third kappa shape index (κ3) is 4.16. The minimum atomic E-state index is -3.19. The summed E-state index contributed by atoms with van der Waals surface area (Å²) in [6.07, 6.45) is -0.492. The zero-order valence-electron chi connectivity index (χ0n) is 10.3. The highest BCUT2D eigenvalue weighted by Gasteiger charge is 2.43. The van der Waals surface area contributed by atoms with Crippen molar-refractivity contribution >= 4 is 15.9 Å². The van der Waals surface area contributed by atoms with Gasteiger partial charge in [-0.15, -0.1) is 0 Å². The third-order valence-corrected chi connectivity index (χ3v) is 4.28. The van der Waals surface area contributed by atoms with E-state index in [1.54, 1.807) is 20.8 Å². The van der Waals surface area contributed by atoms with Crippen LogP contribution < -0.4 is 5.32 Å². The average molecular weight is 265 g/mol. The van der Waals surface area contributed by atoms with Crippen LogP contribution in [0.1, 0.15) is 27.2 Å². The minimum Gasteiger partial charge on any atom is -0.444 e. The van der Waals surface area contributed by atoms with E-state index in [9.17, 15) is 18.3 Å². The number of carbonyl (C=O) groups is 1. The van der Waals surface area contributed by atoms with Crippen molar-refractivity contribution in [3.63, 3.8) is 0 Å². The molecule has 0 aromatic heterocycles. The maximum atomic E-state index is 11.6. The van der Waals surface area contributed by atoms with Gasteiger partial charge in [-0.2, -0.15) is 0 Å². The highest BCUT2D eigenvalue weighted by Crippen LogP contribution is 2.23. The summed E-state index contributed by atoms with van der Waals surface area (Å²) in [6, 6.07) is 0. The van der Waals surface area contributed by atoms with Crippen LogP contribution in [0.25, 0.3) is 0 Å². The second kappa shape index (κ2) is 4.45. The molecule has 1 atom stereocenters. The van der Waals surface area contributed by atoms with E-state index in [0.717, 1.165) is 0 Å². The lowest BCUT2D eigenvalue weighted by Gasteiger charge is -2.28. The number of aliphatic hydroxyl groups excluding tert-OH is 1. The third-order valence-electron chi connectivity index (χ3n) is 2.46. The van der Waals surface area contributed by atoms with Crippen molar-refractivity contribution in [2.75, 3.05) is 18.1 Å². The van der Waals surface area contributed by atoms with E-state index >= 15 is 0 Å². The SMILES string of the molecule is CC(C)(C)OC(=O)NC1(CO)CCS(=O)(=O)C1. The van der Waals surface area contributed by atoms with E-state index in [2.05, 4.69) is 5.32 Å². The van der Waals surface area contributed by atoms with Gasteiger partial charge in [-0.1, -0.05) is 0 Å². The lowest BCUT2D eigenvalue weighted by molar-refractivity contribution is 0.0421. The number of hydrogen-bond donors (Lipinski definition) is 2. The summed E-state index contributed by atoms with van der Waals surface area (Å²) >= 11 is 0. The van der Waals surface area contributed by atoms with Crippen molar-refractivity contribution < 1.29 is 23.1 Å². The van der Waals surface area contributed by atoms with Gasteiger partial charge in [0.05, 0.1) is 23.7 Å². The Labute approximate surface area is 101 Å². The molecule has 1 heterocycles. The molecule has 1 unspecified atom stereocenters. The summed E-state index contributed by atoms with van der Waals surface area (Å²) in [5.41, 5.74) is -1.75. The fraction of sp³-hybridized carbons (Fsp3) is 0.900. The summed E-state index contributed by atoms with van der Waals surface area (Å²) in [5, 5.41) is 11.7. The molecule has 0 aromatic carbocycles. The van der Waals surface area contributed by atoms with Crippen molar-refractivity contribution in [2.24, 2.45) is 0 Å². The zero-order chi connectivity index (χ0) is 13.3. The highest BCUT2D eigenvalue weighted by atomic mass is 32.2. The number of alkyl carbamates (subject to hydrolysis) is 1. The predicted octanol–water partition coefficient (Wildman–Crippen LogP) is 0.0607. The van der Waals surface area contributed by atoms with Gasteiger partial charge in [0.1, 0.15) is 5.60 Å². The van der Waals surface area contributed by atoms with Crippen LogP contribution >= 0.6 is 0 Å². The zero-order valence-corrected chi connectivity index (χ0v) is 11.1. The Morgan fingerprint density at radius 2 is 2.06 bits per heavy atom. The Bertz CT molecular complexity index is 397. The Balaban J connectivity index is 2.69. The van der Waals surface area contributed by atoms with Crippen LogP contribution in [0.2, 0.25) is 0 Å². The summed E-state index contributed by atoms with van der Waals surface area (Å²) < 4.78 is 27.8. The average Bonchev–Trinajstić information content (AvgIpc) is 2.39. The maximum Gasteiger partial charge on any atom is 0.408 e. The molecule has 100 valence electrons. The molecule has 1 fully saturated rings. The minimum absolute atomic E-state index is 0.0244. The van der Waals surface area contributed by atoms with E-state index in [1.165, 1.54) is 0 Å². The number of hydrogen-bond acceptors (Lipinski definition) is 5. The standard InChI is InChI=1S/C10H19NO5S/c1-9(2,3)16-8(13)11-10(6-12)4-5-17(14,15)7-10/h12H,4-7H2,1-3H3,(H,11,13). The largest absolute Gasteiger partial charge is 0.444 e. The normalized spacial score (nSPS) is 27.8. The van der Waals surface area contributed by atoms with Crippen molar-refractivity contribution in [1.29, 1.82) is 0 Å². The smallest absolute Gasteiger partial charge is 0.408 e. The first-order valence-electron chi connectivity index (χ1n) is 5.40. The predicted molar refractivity (Wildman–Crippen MR) is 62.5 cm³/mol. The summed E-state index contributed by atoms with van der Waals surface area (Å²) in [5.74, 6) is -0.265. The maximum absolute atomic E-state index is 11.6. The molecule has 0 saturated carbocycles. The molecule has 0 aromatic rings. The monoisotopic (exact) mass is 265 g/mol. The fourth-order valence-corrected chi connectivity index (χ4v) is 3.69.